The molecule has 1 aromatic rings. The Labute approximate surface area is 159 Å². The first kappa shape index (κ1) is 20.2. The van der Waals surface area contributed by atoms with Gasteiger partial charge in [0.2, 0.25) is 0 Å². The zero-order chi connectivity index (χ0) is 20.0. The van der Waals surface area contributed by atoms with E-state index in [4.69, 9.17) is 9.47 Å². The van der Waals surface area contributed by atoms with Gasteiger partial charge < -0.3 is 9.47 Å². The Bertz CT molecular complexity index is 846. The predicted octanol–water partition coefficient (Wildman–Crippen LogP) is 3.49. The summed E-state index contributed by atoms with van der Waals surface area (Å²) in [4.78, 5) is 26.5. The summed E-state index contributed by atoms with van der Waals surface area (Å²) in [6.45, 7) is 6.31. The van der Waals surface area contributed by atoms with Crippen molar-refractivity contribution in [1.82, 2.24) is 4.90 Å². The number of benzene rings is 1. The molecule has 0 atom stereocenters. The van der Waals surface area contributed by atoms with Crippen molar-refractivity contribution in [2.45, 2.75) is 33.6 Å². The molecule has 1 aliphatic heterocycles. The van der Waals surface area contributed by atoms with E-state index in [2.05, 4.69) is 0 Å². The SMILES string of the molecule is CCCCN1C(=O)C(C#N)=C(C)/C(=C\c2ccc(OCC)c(OC)c2)C1=O. The lowest BCUT2D eigenvalue weighted by molar-refractivity contribution is -0.140. The number of methoxy groups -OCH3 is 1. The van der Waals surface area contributed by atoms with Crippen LogP contribution in [-0.4, -0.2) is 37.0 Å². The molecular formula is C21H24N2O4. The highest BCUT2D eigenvalue weighted by molar-refractivity contribution is 6.19. The van der Waals surface area contributed by atoms with Gasteiger partial charge >= 0.3 is 0 Å². The Morgan fingerprint density at radius 1 is 1.19 bits per heavy atom. The third kappa shape index (κ3) is 4.20. The molecule has 1 aromatic carbocycles. The number of nitrogens with zero attached hydrogens (tertiary/aromatic N) is 2. The van der Waals surface area contributed by atoms with E-state index in [1.165, 1.54) is 0 Å². The molecule has 27 heavy (non-hydrogen) atoms. The number of nitriles is 1. The van der Waals surface area contributed by atoms with Gasteiger partial charge in [0.15, 0.2) is 11.5 Å². The molecule has 2 amide bonds. The van der Waals surface area contributed by atoms with Crippen molar-refractivity contribution in [3.63, 3.8) is 0 Å². The molecule has 6 heteroatoms. The molecule has 0 aromatic heterocycles. The average molecular weight is 368 g/mol. The van der Waals surface area contributed by atoms with Crippen LogP contribution in [0.25, 0.3) is 6.08 Å². The van der Waals surface area contributed by atoms with E-state index in [9.17, 15) is 14.9 Å². The summed E-state index contributed by atoms with van der Waals surface area (Å²) in [7, 11) is 1.55. The van der Waals surface area contributed by atoms with Crippen molar-refractivity contribution in [1.29, 1.82) is 5.26 Å². The highest BCUT2D eigenvalue weighted by Gasteiger charge is 2.34. The summed E-state index contributed by atoms with van der Waals surface area (Å²) in [5, 5.41) is 9.39. The largest absolute Gasteiger partial charge is 0.493 e. The Balaban J connectivity index is 2.51. The number of rotatable bonds is 7. The molecule has 1 aliphatic rings. The van der Waals surface area contributed by atoms with Crippen LogP contribution >= 0.6 is 0 Å². The quantitative estimate of drug-likeness (QED) is 0.544. The maximum atomic E-state index is 12.9. The Morgan fingerprint density at radius 2 is 1.93 bits per heavy atom. The fraction of sp³-hybridized carbons (Fsp3) is 0.381. The van der Waals surface area contributed by atoms with Crippen LogP contribution in [0.5, 0.6) is 11.5 Å². The Hall–Kier alpha value is -3.07. The maximum absolute atomic E-state index is 12.9. The van der Waals surface area contributed by atoms with Gasteiger partial charge in [0.1, 0.15) is 11.6 Å². The summed E-state index contributed by atoms with van der Waals surface area (Å²) >= 11 is 0. The summed E-state index contributed by atoms with van der Waals surface area (Å²) in [5.41, 5.74) is 1.47. The molecule has 2 rings (SSSR count). The number of hydrogen-bond donors (Lipinski definition) is 0. The molecule has 0 unspecified atom stereocenters. The molecule has 6 nitrogen and oxygen atoms in total. The number of carbonyl (C=O) groups excluding carboxylic acids is 2. The number of ether oxygens (including phenoxy) is 2. The smallest absolute Gasteiger partial charge is 0.271 e. The highest BCUT2D eigenvalue weighted by Crippen LogP contribution is 2.31. The van der Waals surface area contributed by atoms with Crippen LogP contribution in [-0.2, 0) is 9.59 Å². The second-order valence-electron chi connectivity index (χ2n) is 6.13. The Kier molecular flexibility index (Phi) is 6.78. The van der Waals surface area contributed by atoms with Crippen molar-refractivity contribution >= 4 is 17.9 Å². The third-order valence-corrected chi connectivity index (χ3v) is 4.36. The van der Waals surface area contributed by atoms with Crippen molar-refractivity contribution in [3.05, 3.63) is 40.5 Å². The normalized spacial score (nSPS) is 16.0. The summed E-state index contributed by atoms with van der Waals surface area (Å²) < 4.78 is 10.9. The van der Waals surface area contributed by atoms with Gasteiger partial charge in [-0.2, -0.15) is 5.26 Å². The number of carbonyl (C=O) groups is 2. The topological polar surface area (TPSA) is 79.6 Å². The van der Waals surface area contributed by atoms with E-state index in [0.717, 1.165) is 16.9 Å². The van der Waals surface area contributed by atoms with E-state index < -0.39 is 5.91 Å². The fourth-order valence-corrected chi connectivity index (χ4v) is 2.86. The van der Waals surface area contributed by atoms with Gasteiger partial charge in [0.05, 0.1) is 13.7 Å². The lowest BCUT2D eigenvalue weighted by Crippen LogP contribution is -2.43. The third-order valence-electron chi connectivity index (χ3n) is 4.36. The van der Waals surface area contributed by atoms with Gasteiger partial charge in [0.25, 0.3) is 11.8 Å². The predicted molar refractivity (Wildman–Crippen MR) is 102 cm³/mol. The molecule has 0 N–H and O–H groups in total. The number of hydrogen-bond acceptors (Lipinski definition) is 5. The first-order chi connectivity index (χ1) is 13.0. The minimum Gasteiger partial charge on any atom is -0.493 e. The van der Waals surface area contributed by atoms with Crippen LogP contribution in [0.4, 0.5) is 0 Å². The van der Waals surface area contributed by atoms with Crippen LogP contribution in [0.2, 0.25) is 0 Å². The molecular weight excluding hydrogens is 344 g/mol. The zero-order valence-corrected chi connectivity index (χ0v) is 16.2. The molecule has 0 saturated carbocycles. The van der Waals surface area contributed by atoms with Crippen molar-refractivity contribution in [2.24, 2.45) is 0 Å². The van der Waals surface area contributed by atoms with Crippen LogP contribution in [0.3, 0.4) is 0 Å². The molecule has 0 aliphatic carbocycles. The summed E-state index contributed by atoms with van der Waals surface area (Å²) in [6, 6.07) is 7.28. The summed E-state index contributed by atoms with van der Waals surface area (Å²) in [5.74, 6) is 0.269. The number of unbranched alkanes of at least 4 members (excludes halogenated alkanes) is 1. The van der Waals surface area contributed by atoms with Crippen molar-refractivity contribution in [2.75, 3.05) is 20.3 Å². The van der Waals surface area contributed by atoms with Gasteiger partial charge in [0, 0.05) is 12.1 Å². The van der Waals surface area contributed by atoms with E-state index in [1.807, 2.05) is 19.9 Å². The van der Waals surface area contributed by atoms with Gasteiger partial charge in [-0.25, -0.2) is 0 Å². The first-order valence-corrected chi connectivity index (χ1v) is 8.98. The highest BCUT2D eigenvalue weighted by atomic mass is 16.5. The minimum absolute atomic E-state index is 0.00912. The fourth-order valence-electron chi connectivity index (χ4n) is 2.86. The van der Waals surface area contributed by atoms with Gasteiger partial charge in [-0.1, -0.05) is 19.4 Å². The lowest BCUT2D eigenvalue weighted by atomic mass is 9.93. The van der Waals surface area contributed by atoms with E-state index in [0.29, 0.717) is 42.2 Å². The second kappa shape index (κ2) is 9.04. The number of imide groups is 1. The van der Waals surface area contributed by atoms with E-state index in [1.54, 1.807) is 38.3 Å². The van der Waals surface area contributed by atoms with Gasteiger partial charge in [-0.15, -0.1) is 0 Å². The summed E-state index contributed by atoms with van der Waals surface area (Å²) in [6.07, 6.45) is 3.22. The minimum atomic E-state index is -0.519. The number of amides is 2. The van der Waals surface area contributed by atoms with E-state index >= 15 is 0 Å². The van der Waals surface area contributed by atoms with Gasteiger partial charge in [-0.3, -0.25) is 14.5 Å². The first-order valence-electron chi connectivity index (χ1n) is 8.98. The van der Waals surface area contributed by atoms with Crippen molar-refractivity contribution < 1.29 is 19.1 Å². The van der Waals surface area contributed by atoms with Crippen LogP contribution < -0.4 is 9.47 Å². The van der Waals surface area contributed by atoms with Crippen molar-refractivity contribution in [3.8, 4) is 17.6 Å². The van der Waals surface area contributed by atoms with Gasteiger partial charge in [-0.05, 0) is 49.6 Å². The monoisotopic (exact) mass is 368 g/mol. The molecule has 0 fully saturated rings. The Morgan fingerprint density at radius 3 is 2.52 bits per heavy atom. The second-order valence-corrected chi connectivity index (χ2v) is 6.13. The zero-order valence-electron chi connectivity index (χ0n) is 16.2. The average Bonchev–Trinajstić information content (AvgIpc) is 2.66. The van der Waals surface area contributed by atoms with Crippen LogP contribution in [0.15, 0.2) is 34.9 Å². The molecule has 0 bridgehead atoms. The van der Waals surface area contributed by atoms with Crippen LogP contribution in [0, 0.1) is 11.3 Å². The standard InChI is InChI=1S/C21H24N2O4/c1-5-7-10-23-20(24)16(14(3)17(13-22)21(23)25)11-15-8-9-18(27-6-2)19(12-15)26-4/h8-9,11-12H,5-7,10H2,1-4H3/b16-11+. The van der Waals surface area contributed by atoms with Crippen LogP contribution in [0.1, 0.15) is 39.2 Å². The molecule has 0 spiro atoms. The maximum Gasteiger partial charge on any atom is 0.271 e. The molecule has 0 saturated heterocycles. The van der Waals surface area contributed by atoms with E-state index in [-0.39, 0.29) is 11.5 Å². The molecule has 142 valence electrons. The molecule has 0 radical (unpaired) electrons. The molecule has 1 heterocycles. The lowest BCUT2D eigenvalue weighted by Gasteiger charge is -2.27.